The van der Waals surface area contributed by atoms with Crippen LogP contribution in [-0.2, 0) is 20.8 Å². The number of benzene rings is 1. The van der Waals surface area contributed by atoms with Crippen molar-refractivity contribution in [1.82, 2.24) is 5.32 Å². The average molecular weight is 399 g/mol. The molecule has 0 radical (unpaired) electrons. The first-order chi connectivity index (χ1) is 14.0. The molecule has 4 fully saturated rings. The summed E-state index contributed by atoms with van der Waals surface area (Å²) in [7, 11) is 0. The van der Waals surface area contributed by atoms with E-state index < -0.39 is 0 Å². The normalized spacial score (nSPS) is 43.9. The molecule has 1 spiro atoms. The number of hydrogen-bond donors (Lipinski definition) is 1. The van der Waals surface area contributed by atoms with Gasteiger partial charge in [0.1, 0.15) is 11.7 Å². The van der Waals surface area contributed by atoms with Crippen molar-refractivity contribution in [2.45, 2.75) is 63.9 Å². The molecule has 0 aromatic heterocycles. The van der Waals surface area contributed by atoms with Crippen LogP contribution in [0.3, 0.4) is 0 Å². The second-order valence-corrected chi connectivity index (χ2v) is 9.87. The lowest BCUT2D eigenvalue weighted by atomic mass is 9.53. The molecule has 0 unspecified atom stereocenters. The molecule has 2 saturated carbocycles. The van der Waals surface area contributed by atoms with E-state index in [1.807, 2.05) is 18.2 Å². The topological polar surface area (TPSA) is 69.3 Å². The first-order valence-electron chi connectivity index (χ1n) is 11.0. The van der Waals surface area contributed by atoms with Crippen molar-refractivity contribution in [2.24, 2.45) is 23.2 Å². The lowest BCUT2D eigenvalue weighted by Gasteiger charge is -2.48. The quantitative estimate of drug-likeness (QED) is 0.620. The maximum Gasteiger partial charge on any atom is 0.311 e. The molecule has 6 nitrogen and oxygen atoms in total. The van der Waals surface area contributed by atoms with E-state index in [2.05, 4.69) is 19.2 Å². The lowest BCUT2D eigenvalue weighted by molar-refractivity contribution is -0.146. The van der Waals surface area contributed by atoms with Crippen molar-refractivity contribution in [3.05, 3.63) is 23.8 Å². The molecule has 3 heterocycles. The molecule has 0 amide bonds. The third-order valence-corrected chi connectivity index (χ3v) is 8.32. The van der Waals surface area contributed by atoms with Gasteiger partial charge in [0.2, 0.25) is 6.79 Å². The number of epoxide rings is 1. The standard InChI is InChI=1S/C23H29NO5/c1-13-4-3-7-22(2)9-18-19(20-23(13,22)29-20)15(21(25)28-18)11-24-10-14-5-6-16-17(8-14)27-12-26-16/h5-6,8,13,15,18-20,24H,3-4,7,9-12H2,1-2H3/t13-,15+,18-,19-,20+,22-,23+/m1/s1. The van der Waals surface area contributed by atoms with E-state index in [0.717, 1.165) is 23.5 Å². The minimum absolute atomic E-state index is 0.00997. The van der Waals surface area contributed by atoms with Crippen LogP contribution in [0.5, 0.6) is 11.5 Å². The molecule has 1 aromatic rings. The van der Waals surface area contributed by atoms with Gasteiger partial charge >= 0.3 is 5.97 Å². The summed E-state index contributed by atoms with van der Waals surface area (Å²) in [4.78, 5) is 12.7. The van der Waals surface area contributed by atoms with Crippen molar-refractivity contribution in [3.8, 4) is 11.5 Å². The second kappa shape index (κ2) is 6.11. The van der Waals surface area contributed by atoms with E-state index in [9.17, 15) is 4.79 Å². The van der Waals surface area contributed by atoms with Crippen LogP contribution in [-0.4, -0.2) is 37.1 Å². The summed E-state index contributed by atoms with van der Waals surface area (Å²) in [5.41, 5.74) is 1.23. The monoisotopic (exact) mass is 399 g/mol. The predicted octanol–water partition coefficient (Wildman–Crippen LogP) is 3.03. The molecule has 3 aliphatic heterocycles. The Hall–Kier alpha value is -1.79. The van der Waals surface area contributed by atoms with Gasteiger partial charge in [0.25, 0.3) is 0 Å². The summed E-state index contributed by atoms with van der Waals surface area (Å²) < 4.78 is 23.2. The Balaban J connectivity index is 1.16. The predicted molar refractivity (Wildman–Crippen MR) is 104 cm³/mol. The maximum atomic E-state index is 12.7. The number of fused-ring (bicyclic) bond motifs is 3. The Morgan fingerprint density at radius 1 is 1.24 bits per heavy atom. The number of nitrogens with one attached hydrogen (secondary N) is 1. The Labute approximate surface area is 171 Å². The lowest BCUT2D eigenvalue weighted by Crippen LogP contribution is -2.54. The summed E-state index contributed by atoms with van der Waals surface area (Å²) in [6, 6.07) is 5.97. The zero-order valence-electron chi connectivity index (χ0n) is 17.1. The highest BCUT2D eigenvalue weighted by Crippen LogP contribution is 2.70. The number of carbonyl (C=O) groups is 1. The third-order valence-electron chi connectivity index (χ3n) is 8.32. The summed E-state index contributed by atoms with van der Waals surface area (Å²) >= 11 is 0. The van der Waals surface area contributed by atoms with Gasteiger partial charge in [-0.2, -0.15) is 0 Å². The first-order valence-corrected chi connectivity index (χ1v) is 11.0. The Bertz CT molecular complexity index is 858. The van der Waals surface area contributed by atoms with Crippen molar-refractivity contribution in [1.29, 1.82) is 0 Å². The molecule has 2 saturated heterocycles. The Morgan fingerprint density at radius 3 is 3.00 bits per heavy atom. The van der Waals surface area contributed by atoms with Crippen LogP contribution in [0, 0.1) is 23.2 Å². The van der Waals surface area contributed by atoms with Crippen LogP contribution in [0.4, 0.5) is 0 Å². The fourth-order valence-electron chi connectivity index (χ4n) is 6.89. The van der Waals surface area contributed by atoms with Crippen molar-refractivity contribution in [2.75, 3.05) is 13.3 Å². The molecule has 6 heteroatoms. The van der Waals surface area contributed by atoms with Gasteiger partial charge in [-0.3, -0.25) is 4.79 Å². The molecule has 7 atom stereocenters. The largest absolute Gasteiger partial charge is 0.462 e. The van der Waals surface area contributed by atoms with E-state index in [1.54, 1.807) is 0 Å². The van der Waals surface area contributed by atoms with Gasteiger partial charge in [-0.25, -0.2) is 0 Å². The zero-order valence-corrected chi connectivity index (χ0v) is 17.1. The van der Waals surface area contributed by atoms with Crippen molar-refractivity contribution in [3.63, 3.8) is 0 Å². The Kier molecular flexibility index (Phi) is 3.80. The van der Waals surface area contributed by atoms with E-state index in [4.69, 9.17) is 18.9 Å². The highest BCUT2D eigenvalue weighted by molar-refractivity contribution is 5.76. The molecule has 156 valence electrons. The molecule has 0 bridgehead atoms. The fourth-order valence-corrected chi connectivity index (χ4v) is 6.89. The van der Waals surface area contributed by atoms with Gasteiger partial charge < -0.3 is 24.3 Å². The number of carbonyl (C=O) groups excluding carboxylic acids is 1. The van der Waals surface area contributed by atoms with Crippen molar-refractivity contribution < 1.29 is 23.7 Å². The summed E-state index contributed by atoms with van der Waals surface area (Å²) in [6.07, 6.45) is 4.79. The highest BCUT2D eigenvalue weighted by Gasteiger charge is 2.78. The highest BCUT2D eigenvalue weighted by atomic mass is 16.7. The van der Waals surface area contributed by atoms with E-state index in [1.165, 1.54) is 19.3 Å². The summed E-state index contributed by atoms with van der Waals surface area (Å²) in [5, 5.41) is 3.48. The van der Waals surface area contributed by atoms with Crippen LogP contribution in [0.1, 0.15) is 45.1 Å². The molecule has 1 aromatic carbocycles. The second-order valence-electron chi connectivity index (χ2n) is 9.87. The van der Waals surface area contributed by atoms with Crippen LogP contribution in [0.15, 0.2) is 18.2 Å². The van der Waals surface area contributed by atoms with Gasteiger partial charge in [-0.05, 0) is 42.9 Å². The number of esters is 1. The third kappa shape index (κ3) is 2.45. The molecule has 2 aliphatic carbocycles. The molecular weight excluding hydrogens is 370 g/mol. The van der Waals surface area contributed by atoms with Gasteiger partial charge in [0.15, 0.2) is 11.5 Å². The smallest absolute Gasteiger partial charge is 0.311 e. The zero-order chi connectivity index (χ0) is 19.8. The van der Waals surface area contributed by atoms with Gasteiger partial charge in [-0.1, -0.05) is 26.3 Å². The van der Waals surface area contributed by atoms with E-state index >= 15 is 0 Å². The minimum Gasteiger partial charge on any atom is -0.462 e. The van der Waals surface area contributed by atoms with E-state index in [-0.39, 0.29) is 47.8 Å². The van der Waals surface area contributed by atoms with Gasteiger partial charge in [0.05, 0.1) is 12.0 Å². The van der Waals surface area contributed by atoms with Gasteiger partial charge in [0, 0.05) is 24.4 Å². The number of ether oxygens (including phenoxy) is 4. The molecular formula is C23H29NO5. The molecule has 1 N–H and O–H groups in total. The van der Waals surface area contributed by atoms with Crippen LogP contribution >= 0.6 is 0 Å². The number of hydrogen-bond acceptors (Lipinski definition) is 6. The summed E-state index contributed by atoms with van der Waals surface area (Å²) in [6.45, 7) is 6.28. The van der Waals surface area contributed by atoms with E-state index in [0.29, 0.717) is 19.0 Å². The van der Waals surface area contributed by atoms with Crippen LogP contribution < -0.4 is 14.8 Å². The molecule has 29 heavy (non-hydrogen) atoms. The Morgan fingerprint density at radius 2 is 2.10 bits per heavy atom. The maximum absolute atomic E-state index is 12.7. The minimum atomic E-state index is -0.128. The average Bonchev–Trinajstić information content (AvgIpc) is 3.15. The van der Waals surface area contributed by atoms with Gasteiger partial charge in [-0.15, -0.1) is 0 Å². The fraction of sp³-hybridized carbons (Fsp3) is 0.696. The van der Waals surface area contributed by atoms with Crippen LogP contribution in [0.2, 0.25) is 0 Å². The van der Waals surface area contributed by atoms with Crippen molar-refractivity contribution >= 4 is 5.97 Å². The van der Waals surface area contributed by atoms with Crippen LogP contribution in [0.25, 0.3) is 0 Å². The first kappa shape index (κ1) is 18.0. The summed E-state index contributed by atoms with van der Waals surface area (Å²) in [5.74, 6) is 2.14. The molecule has 6 rings (SSSR count). The number of rotatable bonds is 4. The molecule has 5 aliphatic rings. The SMILES string of the molecule is C[C@@H]1CCC[C@]2(C)C[C@H]3OC(=O)[C@@H](CNCc4ccc5c(c4)OCO5)[C@H]3[C@@H]3O[C@@]132.